The number of carbonyl (C=O) groups excluding carboxylic acids is 1. The monoisotopic (exact) mass is 474 g/mol. The molecule has 0 saturated heterocycles. The minimum Gasteiger partial charge on any atom is -0.483 e. The molecule has 0 radical (unpaired) electrons. The lowest BCUT2D eigenvalue weighted by Crippen LogP contribution is -2.30. The van der Waals surface area contributed by atoms with Gasteiger partial charge in [-0.3, -0.25) is 4.79 Å². The second-order valence-electron chi connectivity index (χ2n) is 6.06. The molecule has 146 valence electrons. The molecule has 2 rings (SSSR count). The van der Waals surface area contributed by atoms with Crippen LogP contribution in [0.2, 0.25) is 5.02 Å². The minimum absolute atomic E-state index is 0.157. The van der Waals surface area contributed by atoms with E-state index in [1.165, 1.54) is 12.1 Å². The Morgan fingerprint density at radius 1 is 1.22 bits per heavy atom. The number of benzene rings is 2. The fraction of sp³-hybridized carbons (Fsp3) is 0.278. The Balaban J connectivity index is 1.92. The van der Waals surface area contributed by atoms with Crippen molar-refractivity contribution >= 4 is 43.5 Å². The zero-order valence-electron chi connectivity index (χ0n) is 14.8. The highest BCUT2D eigenvalue weighted by atomic mass is 79.9. The van der Waals surface area contributed by atoms with Gasteiger partial charge < -0.3 is 10.1 Å². The van der Waals surface area contributed by atoms with Gasteiger partial charge in [-0.15, -0.1) is 0 Å². The summed E-state index contributed by atoms with van der Waals surface area (Å²) in [6.45, 7) is 3.52. The molecular formula is C18H20BrClN2O4S. The van der Waals surface area contributed by atoms with E-state index < -0.39 is 10.0 Å². The Morgan fingerprint density at radius 3 is 2.63 bits per heavy atom. The van der Waals surface area contributed by atoms with E-state index in [0.717, 1.165) is 0 Å². The zero-order chi connectivity index (χ0) is 20.0. The Bertz CT molecular complexity index is 919. The number of nitrogens with one attached hydrogen (secondary N) is 2. The molecule has 0 heterocycles. The number of ether oxygens (including phenoxy) is 1. The molecule has 0 aliphatic rings. The first-order valence-corrected chi connectivity index (χ1v) is 10.8. The van der Waals surface area contributed by atoms with Gasteiger partial charge in [0, 0.05) is 17.6 Å². The van der Waals surface area contributed by atoms with Crippen LogP contribution in [0.4, 0.5) is 0 Å². The van der Waals surface area contributed by atoms with Gasteiger partial charge in [0.05, 0.1) is 9.37 Å². The molecule has 9 heteroatoms. The van der Waals surface area contributed by atoms with Crippen molar-refractivity contribution in [1.82, 2.24) is 10.0 Å². The smallest absolute Gasteiger partial charge is 0.258 e. The van der Waals surface area contributed by atoms with Crippen molar-refractivity contribution in [2.45, 2.75) is 31.3 Å². The van der Waals surface area contributed by atoms with Crippen LogP contribution in [0, 0.1) is 0 Å². The number of hydrogen-bond donors (Lipinski definition) is 2. The zero-order valence-corrected chi connectivity index (χ0v) is 18.0. The van der Waals surface area contributed by atoms with Gasteiger partial charge >= 0.3 is 0 Å². The van der Waals surface area contributed by atoms with Crippen LogP contribution in [0.15, 0.2) is 51.8 Å². The molecule has 0 atom stereocenters. The second-order valence-corrected chi connectivity index (χ2v) is 9.07. The molecule has 0 fully saturated rings. The first-order chi connectivity index (χ1) is 12.7. The molecule has 0 aromatic heterocycles. The third-order valence-electron chi connectivity index (χ3n) is 3.34. The largest absolute Gasteiger partial charge is 0.483 e. The van der Waals surface area contributed by atoms with E-state index >= 15 is 0 Å². The predicted molar refractivity (Wildman–Crippen MR) is 108 cm³/mol. The summed E-state index contributed by atoms with van der Waals surface area (Å²) < 4.78 is 33.0. The maximum atomic E-state index is 12.2. The lowest BCUT2D eigenvalue weighted by atomic mass is 10.2. The average molecular weight is 476 g/mol. The average Bonchev–Trinajstić information content (AvgIpc) is 2.58. The van der Waals surface area contributed by atoms with Gasteiger partial charge in [-0.05, 0) is 65.7 Å². The molecule has 2 N–H and O–H groups in total. The number of halogens is 2. The van der Waals surface area contributed by atoms with Crippen molar-refractivity contribution in [1.29, 1.82) is 0 Å². The Hall–Kier alpha value is -1.61. The SMILES string of the molecule is CC(C)NS(=O)(=O)c1cccc(CNC(=O)COc2ccc(Cl)cc2Br)c1. The van der Waals surface area contributed by atoms with E-state index in [1.54, 1.807) is 44.2 Å². The van der Waals surface area contributed by atoms with E-state index in [2.05, 4.69) is 26.0 Å². The van der Waals surface area contributed by atoms with Crippen LogP contribution in [-0.2, 0) is 21.4 Å². The first kappa shape index (κ1) is 21.7. The summed E-state index contributed by atoms with van der Waals surface area (Å²) in [6.07, 6.45) is 0. The van der Waals surface area contributed by atoms with Gasteiger partial charge in [0.25, 0.3) is 5.91 Å². The topological polar surface area (TPSA) is 84.5 Å². The highest BCUT2D eigenvalue weighted by Gasteiger charge is 2.15. The maximum absolute atomic E-state index is 12.2. The molecule has 0 bridgehead atoms. The van der Waals surface area contributed by atoms with Crippen LogP contribution in [0.3, 0.4) is 0 Å². The molecule has 0 saturated carbocycles. The Labute approximate surface area is 172 Å². The summed E-state index contributed by atoms with van der Waals surface area (Å²) in [5.41, 5.74) is 0.669. The Kier molecular flexibility index (Phi) is 7.67. The summed E-state index contributed by atoms with van der Waals surface area (Å²) in [6, 6.07) is 11.2. The summed E-state index contributed by atoms with van der Waals surface area (Å²) in [5.74, 6) is 0.174. The quantitative estimate of drug-likeness (QED) is 0.612. The van der Waals surface area contributed by atoms with Crippen LogP contribution >= 0.6 is 27.5 Å². The number of carbonyl (C=O) groups is 1. The van der Waals surface area contributed by atoms with Crippen molar-refractivity contribution in [3.8, 4) is 5.75 Å². The molecule has 2 aromatic rings. The third-order valence-corrected chi connectivity index (χ3v) is 5.85. The highest BCUT2D eigenvalue weighted by molar-refractivity contribution is 9.10. The normalized spacial score (nSPS) is 11.4. The molecule has 6 nitrogen and oxygen atoms in total. The molecule has 1 amide bonds. The van der Waals surface area contributed by atoms with E-state index in [0.29, 0.717) is 20.8 Å². The van der Waals surface area contributed by atoms with Crippen molar-refractivity contribution in [3.05, 3.63) is 57.5 Å². The Morgan fingerprint density at radius 2 is 1.96 bits per heavy atom. The number of sulfonamides is 1. The molecule has 0 aliphatic heterocycles. The third kappa shape index (κ3) is 6.80. The van der Waals surface area contributed by atoms with Crippen molar-refractivity contribution in [2.75, 3.05) is 6.61 Å². The van der Waals surface area contributed by atoms with Crippen molar-refractivity contribution in [3.63, 3.8) is 0 Å². The van der Waals surface area contributed by atoms with E-state index in [1.807, 2.05) is 0 Å². The van der Waals surface area contributed by atoms with Crippen LogP contribution in [0.25, 0.3) is 0 Å². The van der Waals surface area contributed by atoms with Crippen LogP contribution in [0.1, 0.15) is 19.4 Å². The van der Waals surface area contributed by atoms with E-state index in [4.69, 9.17) is 16.3 Å². The van der Waals surface area contributed by atoms with Crippen molar-refractivity contribution < 1.29 is 17.9 Å². The van der Waals surface area contributed by atoms with Gasteiger partial charge in [-0.2, -0.15) is 0 Å². The molecule has 0 aliphatic carbocycles. The van der Waals surface area contributed by atoms with Gasteiger partial charge in [0.15, 0.2) is 6.61 Å². The summed E-state index contributed by atoms with van der Waals surface area (Å²) >= 11 is 9.17. The van der Waals surface area contributed by atoms with Gasteiger partial charge in [0.1, 0.15) is 5.75 Å². The molecule has 0 unspecified atom stereocenters. The van der Waals surface area contributed by atoms with E-state index in [9.17, 15) is 13.2 Å². The predicted octanol–water partition coefficient (Wildman–Crippen LogP) is 3.48. The molecular weight excluding hydrogens is 456 g/mol. The summed E-state index contributed by atoms with van der Waals surface area (Å²) in [4.78, 5) is 12.1. The van der Waals surface area contributed by atoms with Crippen LogP contribution in [-0.4, -0.2) is 27.0 Å². The van der Waals surface area contributed by atoms with Gasteiger partial charge in [-0.1, -0.05) is 23.7 Å². The van der Waals surface area contributed by atoms with Crippen LogP contribution in [0.5, 0.6) is 5.75 Å². The molecule has 27 heavy (non-hydrogen) atoms. The minimum atomic E-state index is -3.58. The lowest BCUT2D eigenvalue weighted by molar-refractivity contribution is -0.123. The highest BCUT2D eigenvalue weighted by Crippen LogP contribution is 2.27. The number of amides is 1. The fourth-order valence-electron chi connectivity index (χ4n) is 2.19. The number of hydrogen-bond acceptors (Lipinski definition) is 4. The van der Waals surface area contributed by atoms with Gasteiger partial charge in [-0.25, -0.2) is 13.1 Å². The number of rotatable bonds is 8. The standard InChI is InChI=1S/C18H20BrClN2O4S/c1-12(2)22-27(24,25)15-5-3-4-13(8-15)10-21-18(23)11-26-17-7-6-14(20)9-16(17)19/h3-9,12,22H,10-11H2,1-2H3,(H,21,23). The first-order valence-electron chi connectivity index (χ1n) is 8.13. The second kappa shape index (κ2) is 9.54. The lowest BCUT2D eigenvalue weighted by Gasteiger charge is -2.12. The summed E-state index contributed by atoms with van der Waals surface area (Å²) in [5, 5.41) is 3.25. The maximum Gasteiger partial charge on any atom is 0.258 e. The van der Waals surface area contributed by atoms with Gasteiger partial charge in [0.2, 0.25) is 10.0 Å². The van der Waals surface area contributed by atoms with Crippen molar-refractivity contribution in [2.24, 2.45) is 0 Å². The summed E-state index contributed by atoms with van der Waals surface area (Å²) in [7, 11) is -3.58. The van der Waals surface area contributed by atoms with Crippen LogP contribution < -0.4 is 14.8 Å². The van der Waals surface area contributed by atoms with E-state index in [-0.39, 0.29) is 30.0 Å². The fourth-order valence-corrected chi connectivity index (χ4v) is 4.31. The molecule has 0 spiro atoms. The molecule has 2 aromatic carbocycles.